The Morgan fingerprint density at radius 2 is 2.05 bits per heavy atom. The number of aromatic nitrogens is 1. The Balaban J connectivity index is 2.54. The molecule has 0 aliphatic rings. The SMILES string of the molecule is COC(=O)c1cc([NH2+]O)cc(-c2ccc(N)c(N)n2)c1. The molecular weight excluding hydrogens is 260 g/mol. The van der Waals surface area contributed by atoms with Gasteiger partial charge in [-0.1, -0.05) is 0 Å². The average Bonchev–Trinajstić information content (AvgIpc) is 2.48. The van der Waals surface area contributed by atoms with Crippen LogP contribution in [0.4, 0.5) is 17.2 Å². The highest BCUT2D eigenvalue weighted by Crippen LogP contribution is 2.24. The van der Waals surface area contributed by atoms with Crippen molar-refractivity contribution in [1.29, 1.82) is 0 Å². The lowest BCUT2D eigenvalue weighted by Gasteiger charge is -2.07. The van der Waals surface area contributed by atoms with Gasteiger partial charge in [0.2, 0.25) is 0 Å². The number of benzene rings is 1. The molecule has 0 fully saturated rings. The van der Waals surface area contributed by atoms with Gasteiger partial charge in [0.25, 0.3) is 0 Å². The van der Waals surface area contributed by atoms with Crippen LogP contribution in [-0.4, -0.2) is 23.3 Å². The number of hydrogen-bond donors (Lipinski definition) is 4. The van der Waals surface area contributed by atoms with Crippen LogP contribution in [0.25, 0.3) is 11.3 Å². The van der Waals surface area contributed by atoms with E-state index in [1.54, 1.807) is 24.3 Å². The summed E-state index contributed by atoms with van der Waals surface area (Å²) >= 11 is 0. The molecule has 0 saturated carbocycles. The third kappa shape index (κ3) is 2.68. The average molecular weight is 275 g/mol. The minimum absolute atomic E-state index is 0.209. The van der Waals surface area contributed by atoms with Gasteiger partial charge >= 0.3 is 5.97 Å². The molecule has 7 N–H and O–H groups in total. The zero-order chi connectivity index (χ0) is 14.7. The number of esters is 1. The number of methoxy groups -OCH3 is 1. The van der Waals surface area contributed by atoms with Crippen molar-refractivity contribution in [2.75, 3.05) is 18.6 Å². The van der Waals surface area contributed by atoms with Crippen LogP contribution >= 0.6 is 0 Å². The van der Waals surface area contributed by atoms with E-state index in [-0.39, 0.29) is 5.82 Å². The van der Waals surface area contributed by atoms with Gasteiger partial charge in [0.15, 0.2) is 5.69 Å². The molecule has 0 bridgehead atoms. The molecule has 104 valence electrons. The van der Waals surface area contributed by atoms with Crippen LogP contribution in [0.3, 0.4) is 0 Å². The highest BCUT2D eigenvalue weighted by atomic mass is 16.5. The summed E-state index contributed by atoms with van der Waals surface area (Å²) in [7, 11) is 1.29. The number of pyridine rings is 1. The fourth-order valence-corrected chi connectivity index (χ4v) is 1.76. The van der Waals surface area contributed by atoms with Gasteiger partial charge in [-0.2, -0.15) is 5.48 Å². The summed E-state index contributed by atoms with van der Waals surface area (Å²) in [6.45, 7) is 0. The molecule has 2 aromatic rings. The lowest BCUT2D eigenvalue weighted by molar-refractivity contribution is -0.825. The van der Waals surface area contributed by atoms with Crippen LogP contribution in [0.15, 0.2) is 30.3 Å². The van der Waals surface area contributed by atoms with E-state index in [0.29, 0.717) is 28.2 Å². The molecule has 1 heterocycles. The van der Waals surface area contributed by atoms with Gasteiger partial charge in [0.1, 0.15) is 5.82 Å². The first-order valence-electron chi connectivity index (χ1n) is 5.78. The van der Waals surface area contributed by atoms with Crippen LogP contribution in [0, 0.1) is 0 Å². The van der Waals surface area contributed by atoms with Gasteiger partial charge in [-0.25, -0.2) is 15.0 Å². The number of quaternary nitrogens is 1. The molecule has 0 spiro atoms. The van der Waals surface area contributed by atoms with Crippen molar-refractivity contribution in [2.24, 2.45) is 0 Å². The summed E-state index contributed by atoms with van der Waals surface area (Å²) < 4.78 is 4.67. The monoisotopic (exact) mass is 275 g/mol. The van der Waals surface area contributed by atoms with Crippen molar-refractivity contribution in [1.82, 2.24) is 4.98 Å². The van der Waals surface area contributed by atoms with Gasteiger partial charge in [-0.3, -0.25) is 0 Å². The predicted octanol–water partition coefficient (Wildman–Crippen LogP) is 0.284. The van der Waals surface area contributed by atoms with E-state index in [1.165, 1.54) is 13.2 Å². The summed E-state index contributed by atoms with van der Waals surface area (Å²) in [5.74, 6) is -0.293. The fraction of sp³-hybridized carbons (Fsp3) is 0.0769. The second-order valence-corrected chi connectivity index (χ2v) is 4.14. The summed E-state index contributed by atoms with van der Waals surface area (Å²) in [5, 5.41) is 9.14. The topological polar surface area (TPSA) is 128 Å². The number of nitrogens with two attached hydrogens (primary N) is 3. The van der Waals surface area contributed by atoms with E-state index in [2.05, 4.69) is 9.72 Å². The Morgan fingerprint density at radius 3 is 2.65 bits per heavy atom. The number of hydrogen-bond acceptors (Lipinski definition) is 6. The normalized spacial score (nSPS) is 10.3. The number of ether oxygens (including phenoxy) is 1. The molecule has 0 radical (unpaired) electrons. The van der Waals surface area contributed by atoms with Crippen molar-refractivity contribution >= 4 is 23.2 Å². The Hall–Kier alpha value is -2.64. The maximum absolute atomic E-state index is 11.6. The van der Waals surface area contributed by atoms with Crippen LogP contribution in [0.5, 0.6) is 0 Å². The Labute approximate surface area is 115 Å². The fourth-order valence-electron chi connectivity index (χ4n) is 1.76. The third-order valence-electron chi connectivity index (χ3n) is 2.78. The number of nitrogen functional groups attached to an aromatic ring is 2. The maximum atomic E-state index is 11.6. The molecule has 0 unspecified atom stereocenters. The van der Waals surface area contributed by atoms with Gasteiger partial charge < -0.3 is 16.2 Å². The van der Waals surface area contributed by atoms with E-state index >= 15 is 0 Å². The molecule has 0 aliphatic carbocycles. The molecule has 2 rings (SSSR count). The minimum Gasteiger partial charge on any atom is -0.465 e. The Morgan fingerprint density at radius 1 is 1.30 bits per heavy atom. The van der Waals surface area contributed by atoms with Crippen LogP contribution in [0.1, 0.15) is 10.4 Å². The van der Waals surface area contributed by atoms with E-state index in [4.69, 9.17) is 16.7 Å². The van der Waals surface area contributed by atoms with Crippen molar-refractivity contribution in [3.8, 4) is 11.3 Å². The van der Waals surface area contributed by atoms with E-state index in [0.717, 1.165) is 5.48 Å². The Bertz CT molecular complexity index is 658. The third-order valence-corrected chi connectivity index (χ3v) is 2.78. The molecule has 0 amide bonds. The number of carbonyl (C=O) groups excluding carboxylic acids is 1. The first-order valence-corrected chi connectivity index (χ1v) is 5.78. The molecular formula is C13H15N4O3+. The number of carbonyl (C=O) groups is 1. The van der Waals surface area contributed by atoms with E-state index < -0.39 is 5.97 Å². The number of rotatable bonds is 3. The lowest BCUT2D eigenvalue weighted by atomic mass is 10.1. The highest BCUT2D eigenvalue weighted by molar-refractivity contribution is 5.92. The maximum Gasteiger partial charge on any atom is 0.338 e. The second-order valence-electron chi connectivity index (χ2n) is 4.14. The van der Waals surface area contributed by atoms with Crippen molar-refractivity contribution in [2.45, 2.75) is 0 Å². The van der Waals surface area contributed by atoms with Crippen molar-refractivity contribution in [3.63, 3.8) is 0 Å². The molecule has 7 nitrogen and oxygen atoms in total. The Kier molecular flexibility index (Phi) is 3.83. The summed E-state index contributed by atoms with van der Waals surface area (Å²) in [6, 6.07) is 8.10. The summed E-state index contributed by atoms with van der Waals surface area (Å²) in [4.78, 5) is 15.8. The molecule has 0 saturated heterocycles. The van der Waals surface area contributed by atoms with Crippen molar-refractivity contribution < 1.29 is 20.2 Å². The highest BCUT2D eigenvalue weighted by Gasteiger charge is 2.13. The van der Waals surface area contributed by atoms with Crippen LogP contribution in [-0.2, 0) is 4.74 Å². The zero-order valence-corrected chi connectivity index (χ0v) is 10.8. The standard InChI is InChI=1S/C13H14N4O3/c1-20-13(18)8-4-7(5-9(6-8)17-19)11-3-2-10(14)12(15)16-11/h2-6,17,19H,14H2,1H3,(H2,15,16)/p+1. The van der Waals surface area contributed by atoms with Crippen molar-refractivity contribution in [3.05, 3.63) is 35.9 Å². The smallest absolute Gasteiger partial charge is 0.338 e. The number of anilines is 2. The predicted molar refractivity (Wildman–Crippen MR) is 73.2 cm³/mol. The van der Waals surface area contributed by atoms with Gasteiger partial charge in [-0.05, 0) is 18.2 Å². The molecule has 0 aliphatic heterocycles. The van der Waals surface area contributed by atoms with Gasteiger partial charge in [0.05, 0.1) is 24.1 Å². The first-order chi connectivity index (χ1) is 9.55. The summed E-state index contributed by atoms with van der Waals surface area (Å²) in [6.07, 6.45) is 0. The van der Waals surface area contributed by atoms with E-state index in [9.17, 15) is 4.79 Å². The van der Waals surface area contributed by atoms with Gasteiger partial charge in [-0.15, -0.1) is 0 Å². The number of nitrogens with zero attached hydrogens (tertiary/aromatic N) is 1. The van der Waals surface area contributed by atoms with Gasteiger partial charge in [0, 0.05) is 17.7 Å². The largest absolute Gasteiger partial charge is 0.465 e. The molecule has 7 heteroatoms. The summed E-state index contributed by atoms with van der Waals surface area (Å²) in [5.41, 5.74) is 14.5. The molecule has 0 atom stereocenters. The lowest BCUT2D eigenvalue weighted by Crippen LogP contribution is -2.73. The van der Waals surface area contributed by atoms with E-state index in [1.807, 2.05) is 0 Å². The van der Waals surface area contributed by atoms with Crippen LogP contribution < -0.4 is 16.9 Å². The minimum atomic E-state index is -0.502. The second kappa shape index (κ2) is 5.55. The molecule has 20 heavy (non-hydrogen) atoms. The molecule has 1 aromatic heterocycles. The molecule has 1 aromatic carbocycles. The first kappa shape index (κ1) is 13.8. The quantitative estimate of drug-likeness (QED) is 0.362. The zero-order valence-electron chi connectivity index (χ0n) is 10.8. The van der Waals surface area contributed by atoms with Crippen LogP contribution in [0.2, 0.25) is 0 Å².